The van der Waals surface area contributed by atoms with Crippen molar-refractivity contribution in [3.63, 3.8) is 0 Å². The van der Waals surface area contributed by atoms with Gasteiger partial charge in [-0.1, -0.05) is 17.7 Å². The fraction of sp³-hybridized carbons (Fsp3) is 0.214. The lowest BCUT2D eigenvalue weighted by atomic mass is 10.1. The van der Waals surface area contributed by atoms with E-state index >= 15 is 0 Å². The van der Waals surface area contributed by atoms with Gasteiger partial charge in [0.2, 0.25) is 5.88 Å². The minimum atomic E-state index is -0.523. The lowest BCUT2D eigenvalue weighted by molar-refractivity contribution is 0.0593. The van der Waals surface area contributed by atoms with Crippen molar-refractivity contribution in [2.24, 2.45) is 0 Å². The Morgan fingerprint density at radius 1 is 1.16 bits per heavy atom. The van der Waals surface area contributed by atoms with E-state index in [1.165, 1.54) is 19.5 Å². The highest BCUT2D eigenvalue weighted by atomic mass is 16.5. The highest BCUT2D eigenvalue weighted by molar-refractivity contribution is 5.86. The van der Waals surface area contributed by atoms with Crippen LogP contribution in [0.3, 0.4) is 0 Å². The third kappa shape index (κ3) is 3.07. The van der Waals surface area contributed by atoms with Gasteiger partial charge in [0.1, 0.15) is 5.75 Å². The lowest BCUT2D eigenvalue weighted by Gasteiger charge is -2.08. The largest absolute Gasteiger partial charge is 0.464 e. The summed E-state index contributed by atoms with van der Waals surface area (Å²) in [5, 5.41) is 0. The van der Waals surface area contributed by atoms with E-state index in [1.807, 2.05) is 32.0 Å². The van der Waals surface area contributed by atoms with Crippen LogP contribution in [-0.2, 0) is 4.74 Å². The van der Waals surface area contributed by atoms with Crippen molar-refractivity contribution in [3.8, 4) is 11.6 Å². The molecule has 0 aliphatic heterocycles. The predicted octanol–water partition coefficient (Wildman–Crippen LogP) is 2.67. The molecule has 19 heavy (non-hydrogen) atoms. The van der Waals surface area contributed by atoms with Crippen LogP contribution in [-0.4, -0.2) is 23.0 Å². The minimum Gasteiger partial charge on any atom is -0.464 e. The summed E-state index contributed by atoms with van der Waals surface area (Å²) in [5.74, 6) is 0.524. The number of ether oxygens (including phenoxy) is 2. The molecule has 1 aromatic carbocycles. The lowest BCUT2D eigenvalue weighted by Crippen LogP contribution is -2.05. The summed E-state index contributed by atoms with van der Waals surface area (Å²) in [6, 6.07) is 5.85. The fourth-order valence-electron chi connectivity index (χ4n) is 1.61. The maximum atomic E-state index is 11.2. The Kier molecular flexibility index (Phi) is 3.75. The van der Waals surface area contributed by atoms with Crippen molar-refractivity contribution in [3.05, 3.63) is 47.4 Å². The third-order valence-corrected chi connectivity index (χ3v) is 2.57. The Labute approximate surface area is 111 Å². The molecule has 0 aliphatic rings. The van der Waals surface area contributed by atoms with E-state index in [0.29, 0.717) is 11.6 Å². The smallest absolute Gasteiger partial charge is 0.358 e. The van der Waals surface area contributed by atoms with E-state index in [2.05, 4.69) is 14.7 Å². The summed E-state index contributed by atoms with van der Waals surface area (Å²) in [5.41, 5.74) is 2.33. The molecule has 0 bridgehead atoms. The zero-order chi connectivity index (χ0) is 13.8. The van der Waals surface area contributed by atoms with Gasteiger partial charge in [0.15, 0.2) is 5.69 Å². The van der Waals surface area contributed by atoms with Crippen molar-refractivity contribution in [2.45, 2.75) is 13.8 Å². The number of nitrogens with zero attached hydrogens (tertiary/aromatic N) is 2. The van der Waals surface area contributed by atoms with Crippen molar-refractivity contribution in [1.82, 2.24) is 9.97 Å². The molecule has 0 atom stereocenters. The first kappa shape index (κ1) is 13.0. The van der Waals surface area contributed by atoms with E-state index in [-0.39, 0.29) is 5.69 Å². The number of hydrogen-bond acceptors (Lipinski definition) is 5. The Morgan fingerprint density at radius 3 is 2.53 bits per heavy atom. The van der Waals surface area contributed by atoms with Crippen LogP contribution in [0, 0.1) is 13.8 Å². The van der Waals surface area contributed by atoms with Gasteiger partial charge in [0, 0.05) is 0 Å². The summed E-state index contributed by atoms with van der Waals surface area (Å²) < 4.78 is 10.2. The van der Waals surface area contributed by atoms with Gasteiger partial charge >= 0.3 is 5.97 Å². The summed E-state index contributed by atoms with van der Waals surface area (Å²) >= 11 is 0. The zero-order valence-corrected chi connectivity index (χ0v) is 11.0. The predicted molar refractivity (Wildman–Crippen MR) is 69.4 cm³/mol. The number of aryl methyl sites for hydroxylation is 2. The normalized spacial score (nSPS) is 10.1. The Balaban J connectivity index is 2.17. The number of methoxy groups -OCH3 is 1. The standard InChI is InChI=1S/C14H14N2O3/c1-9-4-5-12(10(2)6-9)19-13-8-15-11(7-16-13)14(17)18-3/h4-8H,1-3H3. The average Bonchev–Trinajstić information content (AvgIpc) is 2.42. The van der Waals surface area contributed by atoms with Crippen molar-refractivity contribution >= 4 is 5.97 Å². The first-order valence-electron chi connectivity index (χ1n) is 5.75. The second kappa shape index (κ2) is 5.48. The Bertz CT molecular complexity index is 594. The minimum absolute atomic E-state index is 0.149. The van der Waals surface area contributed by atoms with Crippen LogP contribution >= 0.6 is 0 Å². The first-order valence-corrected chi connectivity index (χ1v) is 5.75. The van der Waals surface area contributed by atoms with Gasteiger partial charge in [-0.05, 0) is 25.5 Å². The third-order valence-electron chi connectivity index (χ3n) is 2.57. The molecule has 2 rings (SSSR count). The van der Waals surface area contributed by atoms with Gasteiger partial charge in [-0.2, -0.15) is 0 Å². The van der Waals surface area contributed by atoms with Crippen LogP contribution in [0.5, 0.6) is 11.6 Å². The van der Waals surface area contributed by atoms with Gasteiger partial charge < -0.3 is 9.47 Å². The molecular weight excluding hydrogens is 244 g/mol. The number of carbonyl (C=O) groups is 1. The quantitative estimate of drug-likeness (QED) is 0.792. The molecule has 0 saturated carbocycles. The Hall–Kier alpha value is -2.43. The molecule has 0 N–H and O–H groups in total. The molecule has 98 valence electrons. The highest BCUT2D eigenvalue weighted by Gasteiger charge is 2.08. The zero-order valence-electron chi connectivity index (χ0n) is 11.0. The molecule has 0 unspecified atom stereocenters. The summed E-state index contributed by atoms with van der Waals surface area (Å²) in [7, 11) is 1.30. The van der Waals surface area contributed by atoms with E-state index < -0.39 is 5.97 Å². The SMILES string of the molecule is COC(=O)c1cnc(Oc2ccc(C)cc2C)cn1. The molecule has 0 saturated heterocycles. The first-order chi connectivity index (χ1) is 9.10. The molecule has 0 amide bonds. The molecule has 0 spiro atoms. The fourth-order valence-corrected chi connectivity index (χ4v) is 1.61. The van der Waals surface area contributed by atoms with Crippen molar-refractivity contribution in [1.29, 1.82) is 0 Å². The van der Waals surface area contributed by atoms with E-state index in [4.69, 9.17) is 4.74 Å². The van der Waals surface area contributed by atoms with Gasteiger partial charge in [0.05, 0.1) is 19.5 Å². The van der Waals surface area contributed by atoms with Crippen LogP contribution in [0.15, 0.2) is 30.6 Å². The van der Waals surface area contributed by atoms with Crippen LogP contribution < -0.4 is 4.74 Å². The van der Waals surface area contributed by atoms with Crippen molar-refractivity contribution in [2.75, 3.05) is 7.11 Å². The monoisotopic (exact) mass is 258 g/mol. The maximum Gasteiger partial charge on any atom is 0.358 e. The van der Waals surface area contributed by atoms with E-state index in [0.717, 1.165) is 11.1 Å². The topological polar surface area (TPSA) is 61.3 Å². The highest BCUT2D eigenvalue weighted by Crippen LogP contribution is 2.23. The number of hydrogen-bond donors (Lipinski definition) is 0. The summed E-state index contributed by atoms with van der Waals surface area (Å²) in [6.45, 7) is 3.97. The van der Waals surface area contributed by atoms with Crippen LogP contribution in [0.4, 0.5) is 0 Å². The van der Waals surface area contributed by atoms with Gasteiger partial charge in [-0.25, -0.2) is 14.8 Å². The molecule has 1 aromatic heterocycles. The molecule has 5 heteroatoms. The molecule has 5 nitrogen and oxygen atoms in total. The molecular formula is C14H14N2O3. The summed E-state index contributed by atoms with van der Waals surface area (Å²) in [4.78, 5) is 19.2. The molecule has 0 fully saturated rings. The molecule has 2 aromatic rings. The Morgan fingerprint density at radius 2 is 1.95 bits per heavy atom. The van der Waals surface area contributed by atoms with E-state index in [9.17, 15) is 4.79 Å². The second-order valence-electron chi connectivity index (χ2n) is 4.10. The van der Waals surface area contributed by atoms with Crippen LogP contribution in [0.2, 0.25) is 0 Å². The number of esters is 1. The average molecular weight is 258 g/mol. The molecule has 0 aliphatic carbocycles. The van der Waals surface area contributed by atoms with Gasteiger partial charge in [-0.3, -0.25) is 0 Å². The number of aromatic nitrogens is 2. The number of rotatable bonds is 3. The van der Waals surface area contributed by atoms with Crippen LogP contribution in [0.1, 0.15) is 21.6 Å². The van der Waals surface area contributed by atoms with Crippen molar-refractivity contribution < 1.29 is 14.3 Å². The van der Waals surface area contributed by atoms with Gasteiger partial charge in [0.25, 0.3) is 0 Å². The second-order valence-corrected chi connectivity index (χ2v) is 4.10. The molecule has 1 heterocycles. The number of carbonyl (C=O) groups excluding carboxylic acids is 1. The van der Waals surface area contributed by atoms with E-state index in [1.54, 1.807) is 0 Å². The van der Waals surface area contributed by atoms with Gasteiger partial charge in [-0.15, -0.1) is 0 Å². The number of benzene rings is 1. The summed E-state index contributed by atoms with van der Waals surface area (Å²) in [6.07, 6.45) is 2.72. The molecule has 0 radical (unpaired) electrons. The maximum absolute atomic E-state index is 11.2. The van der Waals surface area contributed by atoms with Crippen LogP contribution in [0.25, 0.3) is 0 Å².